The smallest absolute Gasteiger partial charge is 0.409 e. The van der Waals surface area contributed by atoms with E-state index >= 15 is 0 Å². The highest BCUT2D eigenvalue weighted by atomic mass is 19.3. The summed E-state index contributed by atoms with van der Waals surface area (Å²) >= 11 is 0. The SMILES string of the molecule is COC(=O)N1CC(OCc2cc(NC3CCC(F)(F)CC3)nc(-n3ccc(CF)n3)n2)C1. The molecular formula is C20H25F3N6O3. The van der Waals surface area contributed by atoms with Crippen molar-refractivity contribution in [2.45, 2.75) is 57.0 Å². The largest absolute Gasteiger partial charge is 0.453 e. The van der Waals surface area contributed by atoms with Crippen molar-refractivity contribution in [3.63, 3.8) is 0 Å². The summed E-state index contributed by atoms with van der Waals surface area (Å²) in [5.74, 6) is -1.93. The number of likely N-dealkylation sites (tertiary alicyclic amines) is 1. The molecule has 32 heavy (non-hydrogen) atoms. The maximum Gasteiger partial charge on any atom is 0.409 e. The molecule has 1 amide bonds. The number of anilines is 1. The number of aromatic nitrogens is 4. The molecule has 1 aliphatic heterocycles. The van der Waals surface area contributed by atoms with Crippen LogP contribution in [0.2, 0.25) is 0 Å². The van der Waals surface area contributed by atoms with Gasteiger partial charge < -0.3 is 19.7 Å². The van der Waals surface area contributed by atoms with E-state index in [1.165, 1.54) is 22.8 Å². The molecule has 3 heterocycles. The number of methoxy groups -OCH3 is 1. The molecule has 4 rings (SSSR count). The van der Waals surface area contributed by atoms with Crippen LogP contribution >= 0.6 is 0 Å². The second-order valence-corrected chi connectivity index (χ2v) is 8.01. The molecule has 12 heteroatoms. The number of amides is 1. The summed E-state index contributed by atoms with van der Waals surface area (Å²) in [7, 11) is 1.32. The van der Waals surface area contributed by atoms with Crippen LogP contribution in [0, 0.1) is 0 Å². The fourth-order valence-electron chi connectivity index (χ4n) is 3.70. The topological polar surface area (TPSA) is 94.4 Å². The van der Waals surface area contributed by atoms with E-state index in [-0.39, 0.29) is 43.2 Å². The molecule has 0 bridgehead atoms. The van der Waals surface area contributed by atoms with Crippen molar-refractivity contribution < 1.29 is 27.4 Å². The second-order valence-electron chi connectivity index (χ2n) is 8.01. The number of ether oxygens (including phenoxy) is 2. The third-order valence-corrected chi connectivity index (χ3v) is 5.57. The third kappa shape index (κ3) is 5.29. The van der Waals surface area contributed by atoms with Crippen LogP contribution in [0.15, 0.2) is 18.3 Å². The highest BCUT2D eigenvalue weighted by molar-refractivity contribution is 5.68. The summed E-state index contributed by atoms with van der Waals surface area (Å²) in [5.41, 5.74) is 0.795. The Morgan fingerprint density at radius 3 is 2.66 bits per heavy atom. The van der Waals surface area contributed by atoms with Gasteiger partial charge in [0, 0.05) is 31.1 Å². The Bertz CT molecular complexity index is 940. The lowest BCUT2D eigenvalue weighted by atomic mass is 9.92. The summed E-state index contributed by atoms with van der Waals surface area (Å²) in [6.07, 6.45) is 1.33. The highest BCUT2D eigenvalue weighted by Gasteiger charge is 2.35. The second kappa shape index (κ2) is 9.31. The quantitative estimate of drug-likeness (QED) is 0.687. The van der Waals surface area contributed by atoms with Crippen molar-refractivity contribution >= 4 is 11.9 Å². The first-order valence-electron chi connectivity index (χ1n) is 10.4. The van der Waals surface area contributed by atoms with E-state index in [0.717, 1.165) is 0 Å². The van der Waals surface area contributed by atoms with Crippen molar-refractivity contribution in [3.05, 3.63) is 29.7 Å². The number of alkyl halides is 3. The van der Waals surface area contributed by atoms with Gasteiger partial charge in [-0.2, -0.15) is 10.1 Å². The normalized spacial score (nSPS) is 18.9. The van der Waals surface area contributed by atoms with E-state index in [2.05, 4.69) is 25.1 Å². The molecule has 0 spiro atoms. The molecule has 1 saturated heterocycles. The highest BCUT2D eigenvalue weighted by Crippen LogP contribution is 2.34. The van der Waals surface area contributed by atoms with Crippen molar-refractivity contribution in [2.24, 2.45) is 0 Å². The van der Waals surface area contributed by atoms with Gasteiger partial charge in [-0.1, -0.05) is 0 Å². The van der Waals surface area contributed by atoms with Gasteiger partial charge in [0.1, 0.15) is 12.5 Å². The number of carbonyl (C=O) groups is 1. The number of nitrogens with zero attached hydrogens (tertiary/aromatic N) is 5. The lowest BCUT2D eigenvalue weighted by Crippen LogP contribution is -2.54. The van der Waals surface area contributed by atoms with E-state index in [4.69, 9.17) is 4.74 Å². The van der Waals surface area contributed by atoms with Crippen molar-refractivity contribution in [1.82, 2.24) is 24.6 Å². The maximum absolute atomic E-state index is 13.5. The molecule has 2 aromatic rings. The Kier molecular flexibility index (Phi) is 6.49. The van der Waals surface area contributed by atoms with Crippen LogP contribution in [-0.2, 0) is 22.8 Å². The summed E-state index contributed by atoms with van der Waals surface area (Å²) in [6.45, 7) is 0.287. The molecule has 2 fully saturated rings. The standard InChI is InChI=1S/C20H25F3N6O3/c1-31-19(30)28-10-16(11-28)32-12-15-8-17(24-13-2-5-20(22,23)6-3-13)26-18(25-15)29-7-4-14(9-21)27-29/h4,7-8,13,16H,2-3,5-6,9-12H2,1H3,(H,24,25,26). The molecular weight excluding hydrogens is 429 g/mol. The monoisotopic (exact) mass is 454 g/mol. The van der Waals surface area contributed by atoms with Gasteiger partial charge in [0.25, 0.3) is 5.95 Å². The van der Waals surface area contributed by atoms with Crippen LogP contribution in [-0.4, -0.2) is 69.0 Å². The van der Waals surface area contributed by atoms with Gasteiger partial charge in [0.15, 0.2) is 0 Å². The minimum Gasteiger partial charge on any atom is -0.453 e. The number of rotatable bonds is 7. The average molecular weight is 454 g/mol. The molecule has 1 aliphatic carbocycles. The lowest BCUT2D eigenvalue weighted by Gasteiger charge is -2.37. The molecule has 174 valence electrons. The Balaban J connectivity index is 1.45. The fourth-order valence-corrected chi connectivity index (χ4v) is 3.70. The number of hydrogen-bond donors (Lipinski definition) is 1. The molecule has 1 N–H and O–H groups in total. The van der Waals surface area contributed by atoms with Gasteiger partial charge >= 0.3 is 6.09 Å². The van der Waals surface area contributed by atoms with Gasteiger partial charge in [-0.15, -0.1) is 0 Å². The number of hydrogen-bond acceptors (Lipinski definition) is 7. The van der Waals surface area contributed by atoms with Crippen molar-refractivity contribution in [2.75, 3.05) is 25.5 Å². The van der Waals surface area contributed by atoms with Gasteiger partial charge in [0.05, 0.1) is 44.3 Å². The van der Waals surface area contributed by atoms with Crippen molar-refractivity contribution in [3.8, 4) is 5.95 Å². The van der Waals surface area contributed by atoms with Crippen LogP contribution in [0.1, 0.15) is 37.1 Å². The predicted octanol–water partition coefficient (Wildman–Crippen LogP) is 3.09. The van der Waals surface area contributed by atoms with Gasteiger partial charge in [-0.3, -0.25) is 0 Å². The Labute approximate surface area is 182 Å². The lowest BCUT2D eigenvalue weighted by molar-refractivity contribution is -0.0556. The minimum absolute atomic E-state index is 0.134. The molecule has 0 atom stereocenters. The molecule has 2 aromatic heterocycles. The number of nitrogens with one attached hydrogen (secondary N) is 1. The Morgan fingerprint density at radius 2 is 2.00 bits per heavy atom. The van der Waals surface area contributed by atoms with E-state index in [1.807, 2.05) is 0 Å². The zero-order chi connectivity index (χ0) is 22.7. The van der Waals surface area contributed by atoms with E-state index in [0.29, 0.717) is 37.4 Å². The van der Waals surface area contributed by atoms with Crippen LogP contribution in [0.25, 0.3) is 5.95 Å². The average Bonchev–Trinajstić information content (AvgIpc) is 3.23. The van der Waals surface area contributed by atoms with Gasteiger partial charge in [-0.25, -0.2) is 27.6 Å². The molecule has 9 nitrogen and oxygen atoms in total. The fraction of sp³-hybridized carbons (Fsp3) is 0.600. The predicted molar refractivity (Wildman–Crippen MR) is 107 cm³/mol. The summed E-state index contributed by atoms with van der Waals surface area (Å²) < 4.78 is 51.7. The minimum atomic E-state index is -2.62. The third-order valence-electron chi connectivity index (χ3n) is 5.57. The Morgan fingerprint density at radius 1 is 1.25 bits per heavy atom. The summed E-state index contributed by atoms with van der Waals surface area (Å²) in [4.78, 5) is 21.8. The first-order valence-corrected chi connectivity index (χ1v) is 10.4. The van der Waals surface area contributed by atoms with Gasteiger partial charge in [0.2, 0.25) is 5.92 Å². The molecule has 0 radical (unpaired) electrons. The van der Waals surface area contributed by atoms with E-state index in [1.54, 1.807) is 12.3 Å². The van der Waals surface area contributed by atoms with Crippen LogP contribution in [0.3, 0.4) is 0 Å². The van der Waals surface area contributed by atoms with E-state index < -0.39 is 18.7 Å². The number of halogens is 3. The van der Waals surface area contributed by atoms with Crippen LogP contribution in [0.5, 0.6) is 0 Å². The first kappa shape index (κ1) is 22.3. The molecule has 2 aliphatic rings. The summed E-state index contributed by atoms with van der Waals surface area (Å²) in [5, 5.41) is 7.31. The van der Waals surface area contributed by atoms with Gasteiger partial charge in [-0.05, 0) is 18.9 Å². The molecule has 1 saturated carbocycles. The zero-order valence-corrected chi connectivity index (χ0v) is 17.6. The van der Waals surface area contributed by atoms with E-state index in [9.17, 15) is 18.0 Å². The summed E-state index contributed by atoms with van der Waals surface area (Å²) in [6, 6.07) is 3.09. The molecule has 0 aromatic carbocycles. The number of carbonyl (C=O) groups excluding carboxylic acids is 1. The maximum atomic E-state index is 13.5. The van der Waals surface area contributed by atoms with Crippen LogP contribution < -0.4 is 5.32 Å². The van der Waals surface area contributed by atoms with Crippen LogP contribution in [0.4, 0.5) is 23.8 Å². The first-order chi connectivity index (χ1) is 15.3. The molecule has 0 unspecified atom stereocenters. The Hall–Kier alpha value is -2.89. The van der Waals surface area contributed by atoms with Crippen molar-refractivity contribution in [1.29, 1.82) is 0 Å². The zero-order valence-electron chi connectivity index (χ0n) is 17.6.